The van der Waals surface area contributed by atoms with E-state index in [2.05, 4.69) is 36.0 Å². The summed E-state index contributed by atoms with van der Waals surface area (Å²) in [6, 6.07) is 9.53. The quantitative estimate of drug-likeness (QED) is 0.540. The first-order valence-corrected chi connectivity index (χ1v) is 12.6. The highest BCUT2D eigenvalue weighted by Gasteiger charge is 2.51. The first-order valence-electron chi connectivity index (χ1n) is 12.6. The van der Waals surface area contributed by atoms with Gasteiger partial charge < -0.3 is 19.5 Å². The number of hydrogen-bond donors (Lipinski definition) is 1. The van der Waals surface area contributed by atoms with Gasteiger partial charge in [0.05, 0.1) is 23.2 Å². The topological polar surface area (TPSA) is 89.3 Å². The van der Waals surface area contributed by atoms with Gasteiger partial charge in [-0.1, -0.05) is 26.8 Å². The third-order valence-corrected chi connectivity index (χ3v) is 7.48. The number of carbonyl (C=O) groups excluding carboxylic acids is 2. The number of amides is 2. The average molecular weight is 490 g/mol. The first kappa shape index (κ1) is 24.4. The van der Waals surface area contributed by atoms with Gasteiger partial charge in [0, 0.05) is 45.0 Å². The van der Waals surface area contributed by atoms with E-state index in [4.69, 9.17) is 9.72 Å². The van der Waals surface area contributed by atoms with E-state index >= 15 is 0 Å². The molecule has 1 aromatic carbocycles. The molecule has 8 heteroatoms. The molecular formula is C28H35N5O3. The zero-order valence-electron chi connectivity index (χ0n) is 21.8. The molecule has 1 saturated carbocycles. The van der Waals surface area contributed by atoms with Gasteiger partial charge in [-0.3, -0.25) is 14.6 Å². The summed E-state index contributed by atoms with van der Waals surface area (Å²) in [4.78, 5) is 37.7. The van der Waals surface area contributed by atoms with E-state index in [1.54, 1.807) is 19.4 Å². The number of likely N-dealkylation sites (tertiary alicyclic amines) is 1. The van der Waals surface area contributed by atoms with Crippen LogP contribution in [0.5, 0.6) is 0 Å². The number of imidazole rings is 1. The van der Waals surface area contributed by atoms with Gasteiger partial charge in [-0.05, 0) is 54.4 Å². The van der Waals surface area contributed by atoms with Crippen molar-refractivity contribution in [2.75, 3.05) is 25.6 Å². The molecule has 2 bridgehead atoms. The van der Waals surface area contributed by atoms with Crippen molar-refractivity contribution in [2.45, 2.75) is 59.5 Å². The lowest BCUT2D eigenvalue weighted by atomic mass is 9.65. The normalized spacial score (nSPS) is 22.7. The number of carbonyl (C=O) groups is 2. The molecule has 2 atom stereocenters. The first-order chi connectivity index (χ1) is 17.1. The van der Waals surface area contributed by atoms with E-state index < -0.39 is 0 Å². The van der Waals surface area contributed by atoms with Crippen LogP contribution < -0.4 is 5.32 Å². The second-order valence-corrected chi connectivity index (χ2v) is 11.5. The van der Waals surface area contributed by atoms with Crippen molar-refractivity contribution in [1.29, 1.82) is 0 Å². The van der Waals surface area contributed by atoms with E-state index in [-0.39, 0.29) is 28.7 Å². The predicted molar refractivity (Wildman–Crippen MR) is 140 cm³/mol. The minimum Gasteiger partial charge on any atom is -0.383 e. The number of methoxy groups -OCH3 is 1. The fourth-order valence-electron chi connectivity index (χ4n) is 6.65. The molecule has 1 aliphatic carbocycles. The van der Waals surface area contributed by atoms with Gasteiger partial charge in [-0.15, -0.1) is 0 Å². The Hall–Kier alpha value is -3.26. The zero-order chi connectivity index (χ0) is 25.7. The Labute approximate surface area is 212 Å². The fraction of sp³-hybridized carbons (Fsp3) is 0.500. The molecule has 3 heterocycles. The molecule has 1 aliphatic heterocycles. The van der Waals surface area contributed by atoms with Gasteiger partial charge in [-0.2, -0.15) is 0 Å². The highest BCUT2D eigenvalue weighted by molar-refractivity contribution is 6.08. The minimum absolute atomic E-state index is 0.00948. The van der Waals surface area contributed by atoms with Crippen molar-refractivity contribution in [2.24, 2.45) is 10.8 Å². The summed E-state index contributed by atoms with van der Waals surface area (Å²) >= 11 is 0. The number of rotatable bonds is 6. The van der Waals surface area contributed by atoms with Crippen LogP contribution in [0.15, 0.2) is 36.5 Å². The molecule has 2 aromatic heterocycles. The molecular weight excluding hydrogens is 454 g/mol. The second kappa shape index (κ2) is 9.00. The molecule has 0 spiro atoms. The van der Waals surface area contributed by atoms with Crippen LogP contribution in [0.4, 0.5) is 5.69 Å². The van der Waals surface area contributed by atoms with E-state index in [0.717, 1.165) is 37.0 Å². The van der Waals surface area contributed by atoms with Crippen molar-refractivity contribution < 1.29 is 14.3 Å². The summed E-state index contributed by atoms with van der Waals surface area (Å²) in [5.41, 5.74) is 3.55. The molecule has 2 aliphatic rings. The standard InChI is InChI=1S/C28H35N5O3/c1-18(34)30-19-12-21(26(35)33-17-28(4)15-20(33)14-27(2,3)16-28)24-23(13-19)31-25(32(24)10-11-36-5)22-8-6-7-9-29-22/h6-9,12-13,20H,10-11,14-17H2,1-5H3,(H,30,34). The lowest BCUT2D eigenvalue weighted by Gasteiger charge is -2.39. The van der Waals surface area contributed by atoms with Crippen LogP contribution in [0.25, 0.3) is 22.6 Å². The molecule has 1 saturated heterocycles. The molecule has 2 amide bonds. The van der Waals surface area contributed by atoms with E-state index in [1.807, 2.05) is 28.8 Å². The van der Waals surface area contributed by atoms with Gasteiger partial charge in [0.2, 0.25) is 5.91 Å². The van der Waals surface area contributed by atoms with Gasteiger partial charge in [-0.25, -0.2) is 4.98 Å². The Bertz CT molecular complexity index is 1320. The van der Waals surface area contributed by atoms with E-state index in [9.17, 15) is 9.59 Å². The number of hydrogen-bond acceptors (Lipinski definition) is 5. The number of nitrogens with zero attached hydrogens (tertiary/aromatic N) is 4. The molecule has 8 nitrogen and oxygen atoms in total. The lowest BCUT2D eigenvalue weighted by molar-refractivity contribution is -0.114. The monoisotopic (exact) mass is 489 g/mol. The van der Waals surface area contributed by atoms with Crippen LogP contribution in [0.2, 0.25) is 0 Å². The number of benzene rings is 1. The maximum absolute atomic E-state index is 14.3. The van der Waals surface area contributed by atoms with Crippen LogP contribution in [0.3, 0.4) is 0 Å². The Morgan fingerprint density at radius 1 is 1.19 bits per heavy atom. The van der Waals surface area contributed by atoms with Crippen LogP contribution in [0, 0.1) is 10.8 Å². The second-order valence-electron chi connectivity index (χ2n) is 11.5. The third kappa shape index (κ3) is 4.50. The highest BCUT2D eigenvalue weighted by atomic mass is 16.5. The van der Waals surface area contributed by atoms with Crippen LogP contribution in [0.1, 0.15) is 57.3 Å². The van der Waals surface area contributed by atoms with Crippen molar-refractivity contribution in [3.05, 3.63) is 42.1 Å². The Morgan fingerprint density at radius 3 is 2.69 bits per heavy atom. The van der Waals surface area contributed by atoms with E-state index in [1.165, 1.54) is 6.92 Å². The summed E-state index contributed by atoms with van der Waals surface area (Å²) < 4.78 is 7.43. The summed E-state index contributed by atoms with van der Waals surface area (Å²) in [7, 11) is 1.66. The highest BCUT2D eigenvalue weighted by Crippen LogP contribution is 2.53. The van der Waals surface area contributed by atoms with Crippen molar-refractivity contribution in [3.8, 4) is 11.5 Å². The minimum atomic E-state index is -0.192. The SMILES string of the molecule is COCCn1c(-c2ccccn2)nc2cc(NC(C)=O)cc(C(=O)N3CC4(C)CC3CC(C)(C)C4)c21. The van der Waals surface area contributed by atoms with Gasteiger partial charge in [0.1, 0.15) is 5.69 Å². The number of pyridine rings is 1. The largest absolute Gasteiger partial charge is 0.383 e. The van der Waals surface area contributed by atoms with Crippen molar-refractivity contribution >= 4 is 28.5 Å². The van der Waals surface area contributed by atoms with Crippen LogP contribution in [-0.2, 0) is 16.1 Å². The van der Waals surface area contributed by atoms with Crippen molar-refractivity contribution in [3.63, 3.8) is 0 Å². The molecule has 1 N–H and O–H groups in total. The molecule has 2 unspecified atom stereocenters. The fourth-order valence-corrected chi connectivity index (χ4v) is 6.65. The molecule has 2 fully saturated rings. The molecule has 36 heavy (non-hydrogen) atoms. The summed E-state index contributed by atoms with van der Waals surface area (Å²) in [6.07, 6.45) is 4.86. The molecule has 3 aromatic rings. The predicted octanol–water partition coefficient (Wildman–Crippen LogP) is 4.74. The maximum atomic E-state index is 14.3. The zero-order valence-corrected chi connectivity index (χ0v) is 21.8. The maximum Gasteiger partial charge on any atom is 0.256 e. The Balaban J connectivity index is 1.68. The van der Waals surface area contributed by atoms with Gasteiger partial charge in [0.25, 0.3) is 5.91 Å². The van der Waals surface area contributed by atoms with Gasteiger partial charge in [0.15, 0.2) is 5.82 Å². The third-order valence-electron chi connectivity index (χ3n) is 7.48. The van der Waals surface area contributed by atoms with Crippen LogP contribution in [-0.4, -0.2) is 57.6 Å². The Morgan fingerprint density at radius 2 is 2.00 bits per heavy atom. The van der Waals surface area contributed by atoms with Gasteiger partial charge >= 0.3 is 0 Å². The number of aromatic nitrogens is 3. The molecule has 5 rings (SSSR count). The number of nitrogens with one attached hydrogen (secondary N) is 1. The summed E-state index contributed by atoms with van der Waals surface area (Å²) in [6.45, 7) is 10.1. The smallest absolute Gasteiger partial charge is 0.256 e. The average Bonchev–Trinajstić information content (AvgIpc) is 3.29. The number of ether oxygens (including phenoxy) is 1. The number of anilines is 1. The molecule has 190 valence electrons. The Kier molecular flexibility index (Phi) is 6.11. The van der Waals surface area contributed by atoms with E-state index in [0.29, 0.717) is 35.7 Å². The lowest BCUT2D eigenvalue weighted by Crippen LogP contribution is -2.38. The van der Waals surface area contributed by atoms with Crippen molar-refractivity contribution in [1.82, 2.24) is 19.4 Å². The molecule has 0 radical (unpaired) electrons. The number of fused-ring (bicyclic) bond motifs is 3. The van der Waals surface area contributed by atoms with Crippen LogP contribution >= 0.6 is 0 Å². The summed E-state index contributed by atoms with van der Waals surface area (Å²) in [5, 5.41) is 2.86. The summed E-state index contributed by atoms with van der Waals surface area (Å²) in [5.74, 6) is 0.470.